The summed E-state index contributed by atoms with van der Waals surface area (Å²) in [5.41, 5.74) is 9.83. The van der Waals surface area contributed by atoms with E-state index in [1.807, 2.05) is 0 Å². The van der Waals surface area contributed by atoms with Gasteiger partial charge in [0.25, 0.3) is 0 Å². The standard InChI is InChI=1S/C9H20N4O2/c1-2-3-4-5-6-7(8(14)15)12-13-9(10)11/h7,12H,2-6H2,1H3,(H,14,15)(H4,10,11,13). The quantitative estimate of drug-likeness (QED) is 0.174. The molecule has 0 radical (unpaired) electrons. The van der Waals surface area contributed by atoms with E-state index in [1.54, 1.807) is 0 Å². The van der Waals surface area contributed by atoms with E-state index in [-0.39, 0.29) is 5.96 Å². The minimum absolute atomic E-state index is 0.283. The van der Waals surface area contributed by atoms with Gasteiger partial charge in [0, 0.05) is 0 Å². The molecule has 0 aliphatic heterocycles. The minimum Gasteiger partial charge on any atom is -0.480 e. The van der Waals surface area contributed by atoms with Gasteiger partial charge in [-0.25, -0.2) is 5.43 Å². The van der Waals surface area contributed by atoms with Gasteiger partial charge in [0.05, 0.1) is 0 Å². The van der Waals surface area contributed by atoms with Gasteiger partial charge in [-0.3, -0.25) is 15.6 Å². The predicted octanol–water partition coefficient (Wildman–Crippen LogP) is 0.398. The summed E-state index contributed by atoms with van der Waals surface area (Å²) in [5.74, 6) is -1.21. The summed E-state index contributed by atoms with van der Waals surface area (Å²) in [6.45, 7) is 2.10. The van der Waals surface area contributed by atoms with Crippen LogP contribution in [0.5, 0.6) is 0 Å². The Hall–Kier alpha value is -1.30. The zero-order chi connectivity index (χ0) is 11.7. The van der Waals surface area contributed by atoms with E-state index < -0.39 is 12.0 Å². The van der Waals surface area contributed by atoms with E-state index >= 15 is 0 Å². The molecule has 6 nitrogen and oxygen atoms in total. The van der Waals surface area contributed by atoms with E-state index in [1.165, 1.54) is 0 Å². The molecule has 1 atom stereocenters. The number of guanidine groups is 1. The third-order valence-electron chi connectivity index (χ3n) is 2.03. The Balaban J connectivity index is 3.73. The van der Waals surface area contributed by atoms with Crippen LogP contribution in [0.15, 0.2) is 0 Å². The molecule has 0 aromatic heterocycles. The second kappa shape index (κ2) is 8.05. The highest BCUT2D eigenvalue weighted by Gasteiger charge is 2.15. The Bertz CT molecular complexity index is 208. The molecule has 0 spiro atoms. The lowest BCUT2D eigenvalue weighted by molar-refractivity contribution is -0.139. The summed E-state index contributed by atoms with van der Waals surface area (Å²) >= 11 is 0. The van der Waals surface area contributed by atoms with Crippen LogP contribution in [0.1, 0.15) is 39.0 Å². The van der Waals surface area contributed by atoms with E-state index in [4.69, 9.17) is 16.2 Å². The number of rotatable bonds is 8. The van der Waals surface area contributed by atoms with Gasteiger partial charge in [-0.15, -0.1) is 0 Å². The number of hydrazine groups is 1. The van der Waals surface area contributed by atoms with Crippen LogP contribution < -0.4 is 16.6 Å². The predicted molar refractivity (Wildman–Crippen MR) is 58.4 cm³/mol. The number of unbranched alkanes of at least 4 members (excludes halogenated alkanes) is 3. The third kappa shape index (κ3) is 7.75. The second-order valence-electron chi connectivity index (χ2n) is 3.42. The number of hydrogen-bond donors (Lipinski definition) is 5. The summed E-state index contributed by atoms with van der Waals surface area (Å²) in [7, 11) is 0. The van der Waals surface area contributed by atoms with Crippen molar-refractivity contribution < 1.29 is 9.90 Å². The summed E-state index contributed by atoms with van der Waals surface area (Å²) in [5, 5.41) is 15.7. The highest BCUT2D eigenvalue weighted by atomic mass is 16.4. The average molecular weight is 216 g/mol. The molecule has 0 saturated carbocycles. The van der Waals surface area contributed by atoms with Crippen LogP contribution in [0.3, 0.4) is 0 Å². The monoisotopic (exact) mass is 216 g/mol. The summed E-state index contributed by atoms with van der Waals surface area (Å²) in [6, 6.07) is -0.689. The molecule has 1 unspecified atom stereocenters. The lowest BCUT2D eigenvalue weighted by atomic mass is 10.1. The van der Waals surface area contributed by atoms with Gasteiger partial charge in [-0.05, 0) is 6.42 Å². The fourth-order valence-corrected chi connectivity index (χ4v) is 1.20. The number of nitrogens with one attached hydrogen (secondary N) is 3. The summed E-state index contributed by atoms with van der Waals surface area (Å²) < 4.78 is 0. The van der Waals surface area contributed by atoms with Crippen molar-refractivity contribution in [3.05, 3.63) is 0 Å². The zero-order valence-corrected chi connectivity index (χ0v) is 9.05. The molecule has 0 rings (SSSR count). The van der Waals surface area contributed by atoms with Crippen molar-refractivity contribution >= 4 is 11.9 Å². The molecule has 0 saturated heterocycles. The summed E-state index contributed by atoms with van der Waals surface area (Å²) in [4.78, 5) is 10.8. The van der Waals surface area contributed by atoms with Crippen LogP contribution in [-0.4, -0.2) is 23.1 Å². The highest BCUT2D eigenvalue weighted by molar-refractivity contribution is 5.76. The van der Waals surface area contributed by atoms with Gasteiger partial charge < -0.3 is 10.8 Å². The second-order valence-corrected chi connectivity index (χ2v) is 3.42. The molecule has 0 fully saturated rings. The molecule has 15 heavy (non-hydrogen) atoms. The van der Waals surface area contributed by atoms with E-state index in [0.717, 1.165) is 25.7 Å². The highest BCUT2D eigenvalue weighted by Crippen LogP contribution is 2.05. The van der Waals surface area contributed by atoms with Gasteiger partial charge in [0.2, 0.25) is 0 Å². The SMILES string of the molecule is CCCCCCC(NNC(=N)N)C(=O)O. The van der Waals surface area contributed by atoms with Crippen LogP contribution in [0, 0.1) is 5.41 Å². The maximum atomic E-state index is 10.8. The molecule has 0 amide bonds. The first kappa shape index (κ1) is 13.7. The first-order valence-electron chi connectivity index (χ1n) is 5.16. The number of hydrogen-bond acceptors (Lipinski definition) is 3. The van der Waals surface area contributed by atoms with Crippen molar-refractivity contribution in [2.45, 2.75) is 45.1 Å². The Morgan fingerprint density at radius 1 is 1.47 bits per heavy atom. The lowest BCUT2D eigenvalue weighted by Crippen LogP contribution is -2.50. The largest absolute Gasteiger partial charge is 0.480 e. The molecule has 0 aromatic rings. The van der Waals surface area contributed by atoms with Crippen molar-refractivity contribution in [1.29, 1.82) is 5.41 Å². The van der Waals surface area contributed by atoms with Crippen LogP contribution >= 0.6 is 0 Å². The molecule has 0 heterocycles. The average Bonchev–Trinajstić information content (AvgIpc) is 2.15. The van der Waals surface area contributed by atoms with Crippen LogP contribution in [0.2, 0.25) is 0 Å². The molecule has 6 N–H and O–H groups in total. The minimum atomic E-state index is -0.930. The maximum Gasteiger partial charge on any atom is 0.322 e. The zero-order valence-electron chi connectivity index (χ0n) is 9.05. The molecule has 0 aliphatic rings. The van der Waals surface area contributed by atoms with Gasteiger partial charge in [0.15, 0.2) is 5.96 Å². The van der Waals surface area contributed by atoms with E-state index in [0.29, 0.717) is 6.42 Å². The van der Waals surface area contributed by atoms with Gasteiger partial charge >= 0.3 is 5.97 Å². The lowest BCUT2D eigenvalue weighted by Gasteiger charge is -2.14. The molecular formula is C9H20N4O2. The van der Waals surface area contributed by atoms with Crippen LogP contribution in [0.4, 0.5) is 0 Å². The van der Waals surface area contributed by atoms with Gasteiger partial charge in [-0.2, -0.15) is 0 Å². The van der Waals surface area contributed by atoms with Crippen molar-refractivity contribution in [2.75, 3.05) is 0 Å². The third-order valence-corrected chi connectivity index (χ3v) is 2.03. The first-order chi connectivity index (χ1) is 7.07. The van der Waals surface area contributed by atoms with Gasteiger partial charge in [0.1, 0.15) is 6.04 Å². The maximum absolute atomic E-state index is 10.8. The Morgan fingerprint density at radius 3 is 2.60 bits per heavy atom. The Morgan fingerprint density at radius 2 is 2.13 bits per heavy atom. The van der Waals surface area contributed by atoms with Crippen LogP contribution in [0.25, 0.3) is 0 Å². The smallest absolute Gasteiger partial charge is 0.322 e. The van der Waals surface area contributed by atoms with E-state index in [2.05, 4.69) is 17.8 Å². The van der Waals surface area contributed by atoms with Gasteiger partial charge in [-0.1, -0.05) is 32.6 Å². The topological polar surface area (TPSA) is 111 Å². The fourth-order valence-electron chi connectivity index (χ4n) is 1.20. The molecule has 0 bridgehead atoms. The van der Waals surface area contributed by atoms with Crippen molar-refractivity contribution in [3.63, 3.8) is 0 Å². The molecule has 0 aromatic carbocycles. The summed E-state index contributed by atoms with van der Waals surface area (Å²) in [6.07, 6.45) is 4.67. The molecule has 0 aliphatic carbocycles. The molecule has 88 valence electrons. The number of carboxylic acids is 1. The van der Waals surface area contributed by atoms with Crippen LogP contribution in [-0.2, 0) is 4.79 Å². The number of carbonyl (C=O) groups is 1. The molecular weight excluding hydrogens is 196 g/mol. The first-order valence-corrected chi connectivity index (χ1v) is 5.16. The molecule has 6 heteroatoms. The number of nitrogens with two attached hydrogens (primary N) is 1. The number of carboxylic acid groups (broad SMARTS) is 1. The normalized spacial score (nSPS) is 12.1. The Kier molecular flexibility index (Phi) is 7.35. The van der Waals surface area contributed by atoms with E-state index in [9.17, 15) is 4.79 Å². The van der Waals surface area contributed by atoms with Crippen molar-refractivity contribution in [3.8, 4) is 0 Å². The fraction of sp³-hybridized carbons (Fsp3) is 0.778. The van der Waals surface area contributed by atoms with Crippen molar-refractivity contribution in [1.82, 2.24) is 10.9 Å². The Labute approximate surface area is 89.7 Å². The van der Waals surface area contributed by atoms with Crippen molar-refractivity contribution in [2.24, 2.45) is 5.73 Å². The number of aliphatic carboxylic acids is 1.